The van der Waals surface area contributed by atoms with E-state index in [2.05, 4.69) is 58.3 Å². The molecule has 5 nitrogen and oxygen atoms in total. The molecule has 1 atom stereocenters. The van der Waals surface area contributed by atoms with Crippen molar-refractivity contribution in [3.8, 4) is 0 Å². The molecule has 1 saturated heterocycles. The predicted octanol–water partition coefficient (Wildman–Crippen LogP) is 4.34. The average Bonchev–Trinajstić information content (AvgIpc) is 2.71. The first-order valence-corrected chi connectivity index (χ1v) is 10.7. The van der Waals surface area contributed by atoms with Crippen LogP contribution in [0.3, 0.4) is 0 Å². The normalized spacial score (nSPS) is 19.6. The molecule has 0 bridgehead atoms. The third-order valence-electron chi connectivity index (χ3n) is 6.11. The van der Waals surface area contributed by atoms with E-state index in [0.29, 0.717) is 6.54 Å². The monoisotopic (exact) mass is 394 g/mol. The Bertz CT molecular complexity index is 838. The Kier molecular flexibility index (Phi) is 6.35. The number of aryl methyl sites for hydroxylation is 2. The number of anilines is 1. The van der Waals surface area contributed by atoms with E-state index in [9.17, 15) is 4.79 Å². The van der Waals surface area contributed by atoms with E-state index in [1.165, 1.54) is 22.4 Å². The van der Waals surface area contributed by atoms with Gasteiger partial charge < -0.3 is 14.7 Å². The maximum atomic E-state index is 10.8. The van der Waals surface area contributed by atoms with Gasteiger partial charge in [-0.05, 0) is 68.0 Å². The molecular formula is C24H30N2O3. The minimum Gasteiger partial charge on any atom is -0.450 e. The second kappa shape index (κ2) is 9.31. The Morgan fingerprint density at radius 3 is 2.55 bits per heavy atom. The van der Waals surface area contributed by atoms with Gasteiger partial charge in [0.15, 0.2) is 0 Å². The van der Waals surface area contributed by atoms with Crippen molar-refractivity contribution in [2.75, 3.05) is 31.1 Å². The molecule has 0 amide bonds. The molecule has 0 radical (unpaired) electrons. The predicted molar refractivity (Wildman–Crippen MR) is 115 cm³/mol. The Morgan fingerprint density at radius 2 is 1.72 bits per heavy atom. The molecule has 2 heterocycles. The molecule has 2 aliphatic heterocycles. The fourth-order valence-electron chi connectivity index (χ4n) is 4.69. The van der Waals surface area contributed by atoms with Crippen LogP contribution >= 0.6 is 0 Å². The number of carboxylic acid groups (broad SMARTS) is 1. The molecule has 2 aliphatic rings. The van der Waals surface area contributed by atoms with E-state index >= 15 is 0 Å². The molecule has 1 unspecified atom stereocenters. The maximum Gasteiger partial charge on any atom is 0.506 e. The first kappa shape index (κ1) is 19.8. The number of piperidine rings is 1. The summed E-state index contributed by atoms with van der Waals surface area (Å²) >= 11 is 0. The minimum atomic E-state index is -1.16. The SMILES string of the molecule is O=C(O)OC1CCCN(CCCN2Cc3ccccc3CCc3ccccc32)C1. The fourth-order valence-corrected chi connectivity index (χ4v) is 4.69. The number of para-hydroxylation sites is 1. The van der Waals surface area contributed by atoms with Gasteiger partial charge in [-0.1, -0.05) is 42.5 Å². The molecule has 4 rings (SSSR count). The summed E-state index contributed by atoms with van der Waals surface area (Å²) in [6.07, 6.45) is 3.71. The first-order valence-electron chi connectivity index (χ1n) is 10.7. The van der Waals surface area contributed by atoms with Crippen molar-refractivity contribution >= 4 is 11.8 Å². The molecule has 1 fully saturated rings. The molecular weight excluding hydrogens is 364 g/mol. The maximum absolute atomic E-state index is 10.8. The van der Waals surface area contributed by atoms with Crippen LogP contribution in [0.15, 0.2) is 48.5 Å². The summed E-state index contributed by atoms with van der Waals surface area (Å²) in [7, 11) is 0. The zero-order valence-electron chi connectivity index (χ0n) is 16.9. The summed E-state index contributed by atoms with van der Waals surface area (Å²) in [5, 5.41) is 8.87. The van der Waals surface area contributed by atoms with E-state index in [-0.39, 0.29) is 6.10 Å². The zero-order chi connectivity index (χ0) is 20.1. The zero-order valence-corrected chi connectivity index (χ0v) is 16.9. The molecule has 0 spiro atoms. The van der Waals surface area contributed by atoms with Gasteiger partial charge in [-0.2, -0.15) is 0 Å². The summed E-state index contributed by atoms with van der Waals surface area (Å²) < 4.78 is 5.00. The highest BCUT2D eigenvalue weighted by atomic mass is 16.7. The number of hydrogen-bond donors (Lipinski definition) is 1. The fraction of sp³-hybridized carbons (Fsp3) is 0.458. The van der Waals surface area contributed by atoms with Gasteiger partial charge in [0.2, 0.25) is 0 Å². The second-order valence-electron chi connectivity index (χ2n) is 8.12. The van der Waals surface area contributed by atoms with Crippen molar-refractivity contribution in [3.63, 3.8) is 0 Å². The van der Waals surface area contributed by atoms with Crippen LogP contribution in [0.4, 0.5) is 10.5 Å². The molecule has 0 aliphatic carbocycles. The van der Waals surface area contributed by atoms with Gasteiger partial charge in [-0.3, -0.25) is 4.90 Å². The van der Waals surface area contributed by atoms with Crippen molar-refractivity contribution in [2.45, 2.75) is 44.8 Å². The van der Waals surface area contributed by atoms with E-state index in [1.54, 1.807) is 0 Å². The number of ether oxygens (including phenoxy) is 1. The van der Waals surface area contributed by atoms with Gasteiger partial charge in [0, 0.05) is 25.3 Å². The van der Waals surface area contributed by atoms with Gasteiger partial charge in [0.05, 0.1) is 0 Å². The number of nitrogens with zero attached hydrogens (tertiary/aromatic N) is 2. The third-order valence-corrected chi connectivity index (χ3v) is 6.11. The largest absolute Gasteiger partial charge is 0.506 e. The molecule has 2 aromatic rings. The Labute approximate surface area is 172 Å². The lowest BCUT2D eigenvalue weighted by atomic mass is 9.95. The topological polar surface area (TPSA) is 53.0 Å². The van der Waals surface area contributed by atoms with Crippen molar-refractivity contribution < 1.29 is 14.6 Å². The molecule has 0 saturated carbocycles. The highest BCUT2D eigenvalue weighted by Gasteiger charge is 2.23. The van der Waals surface area contributed by atoms with E-state index < -0.39 is 6.16 Å². The Morgan fingerprint density at radius 1 is 1.00 bits per heavy atom. The summed E-state index contributed by atoms with van der Waals surface area (Å²) in [5.74, 6) is 0. The van der Waals surface area contributed by atoms with Crippen molar-refractivity contribution in [2.24, 2.45) is 0 Å². The van der Waals surface area contributed by atoms with Gasteiger partial charge in [0.25, 0.3) is 0 Å². The Balaban J connectivity index is 1.41. The number of benzene rings is 2. The molecule has 1 N–H and O–H groups in total. The molecule has 0 aromatic heterocycles. The Hall–Kier alpha value is -2.53. The molecule has 2 aromatic carbocycles. The van der Waals surface area contributed by atoms with Gasteiger partial charge in [-0.15, -0.1) is 0 Å². The highest BCUT2D eigenvalue weighted by molar-refractivity contribution is 5.57. The number of fused-ring (bicyclic) bond motifs is 2. The number of hydrogen-bond acceptors (Lipinski definition) is 4. The standard InChI is InChI=1S/C24H30N2O3/c27-24(28)29-22-10-5-14-25(18-22)15-6-16-26-17-21-9-2-1-7-19(21)12-13-20-8-3-4-11-23(20)26/h1-4,7-9,11,22H,5-6,10,12-18H2,(H,27,28). The summed E-state index contributed by atoms with van der Waals surface area (Å²) in [6, 6.07) is 17.6. The van der Waals surface area contributed by atoms with E-state index in [1.807, 2.05) is 0 Å². The van der Waals surface area contributed by atoms with Crippen LogP contribution in [0, 0.1) is 0 Å². The van der Waals surface area contributed by atoms with Crippen LogP contribution in [0.5, 0.6) is 0 Å². The van der Waals surface area contributed by atoms with Gasteiger partial charge in [-0.25, -0.2) is 4.79 Å². The van der Waals surface area contributed by atoms with Crippen LogP contribution in [-0.4, -0.2) is 48.4 Å². The summed E-state index contributed by atoms with van der Waals surface area (Å²) in [5.41, 5.74) is 5.66. The summed E-state index contributed by atoms with van der Waals surface area (Å²) in [6.45, 7) is 4.65. The van der Waals surface area contributed by atoms with Gasteiger partial charge >= 0.3 is 6.16 Å². The van der Waals surface area contributed by atoms with Crippen molar-refractivity contribution in [1.82, 2.24) is 4.90 Å². The first-order chi connectivity index (χ1) is 14.2. The van der Waals surface area contributed by atoms with Crippen LogP contribution < -0.4 is 4.90 Å². The molecule has 154 valence electrons. The van der Waals surface area contributed by atoms with Crippen LogP contribution in [0.2, 0.25) is 0 Å². The average molecular weight is 395 g/mol. The highest BCUT2D eigenvalue weighted by Crippen LogP contribution is 2.28. The lowest BCUT2D eigenvalue weighted by molar-refractivity contribution is 0.0135. The number of likely N-dealkylation sites (tertiary alicyclic amines) is 1. The third kappa shape index (κ3) is 5.10. The van der Waals surface area contributed by atoms with Crippen molar-refractivity contribution in [3.05, 3.63) is 65.2 Å². The van der Waals surface area contributed by atoms with Crippen LogP contribution in [0.1, 0.15) is 36.0 Å². The number of rotatable bonds is 5. The minimum absolute atomic E-state index is 0.185. The summed E-state index contributed by atoms with van der Waals surface area (Å²) in [4.78, 5) is 15.7. The molecule has 29 heavy (non-hydrogen) atoms. The lowest BCUT2D eigenvalue weighted by Crippen LogP contribution is -2.41. The smallest absolute Gasteiger partial charge is 0.450 e. The number of carbonyl (C=O) groups is 1. The second-order valence-corrected chi connectivity index (χ2v) is 8.12. The lowest BCUT2D eigenvalue weighted by Gasteiger charge is -2.34. The molecule has 5 heteroatoms. The van der Waals surface area contributed by atoms with Gasteiger partial charge in [0.1, 0.15) is 6.10 Å². The van der Waals surface area contributed by atoms with E-state index in [0.717, 1.165) is 58.3 Å². The van der Waals surface area contributed by atoms with Crippen LogP contribution in [0.25, 0.3) is 0 Å². The van der Waals surface area contributed by atoms with Crippen LogP contribution in [-0.2, 0) is 24.1 Å². The van der Waals surface area contributed by atoms with E-state index in [4.69, 9.17) is 9.84 Å². The quantitative estimate of drug-likeness (QED) is 0.765. The van der Waals surface area contributed by atoms with Crippen molar-refractivity contribution in [1.29, 1.82) is 0 Å².